The van der Waals surface area contributed by atoms with Crippen molar-refractivity contribution < 1.29 is 9.59 Å². The van der Waals surface area contributed by atoms with E-state index in [-0.39, 0.29) is 17.7 Å². The molecule has 0 saturated carbocycles. The van der Waals surface area contributed by atoms with E-state index in [1.807, 2.05) is 50.2 Å². The fraction of sp³-hybridized carbons (Fsp3) is 0.222. The molecule has 1 unspecified atom stereocenters. The van der Waals surface area contributed by atoms with Crippen LogP contribution in [0.2, 0.25) is 0 Å². The summed E-state index contributed by atoms with van der Waals surface area (Å²) in [4.78, 5) is 24.6. The first-order valence-corrected chi connectivity index (χ1v) is 7.29. The zero-order valence-electron chi connectivity index (χ0n) is 12.7. The van der Waals surface area contributed by atoms with E-state index in [2.05, 4.69) is 10.6 Å². The lowest BCUT2D eigenvalue weighted by Gasteiger charge is -2.21. The summed E-state index contributed by atoms with van der Waals surface area (Å²) in [7, 11) is 0. The number of hydrogen-bond acceptors (Lipinski definition) is 2. The monoisotopic (exact) mass is 296 g/mol. The molecule has 0 fully saturated rings. The number of rotatable bonds is 5. The summed E-state index contributed by atoms with van der Waals surface area (Å²) in [6, 6.07) is 17.5. The standard InChI is InChI=1S/C18H20N2O2/c1-13(2)16(18(22)19-15-11-7-4-8-12-15)20-17(21)14-9-5-3-6-10-14/h3-13,16H,1-2H3,(H,19,22)(H,20,21). The van der Waals surface area contributed by atoms with Crippen LogP contribution in [0.25, 0.3) is 0 Å². The molecule has 0 bridgehead atoms. The van der Waals surface area contributed by atoms with Crippen LogP contribution in [0.3, 0.4) is 0 Å². The molecule has 4 heteroatoms. The van der Waals surface area contributed by atoms with Gasteiger partial charge < -0.3 is 10.6 Å². The lowest BCUT2D eigenvalue weighted by molar-refractivity contribution is -0.118. The summed E-state index contributed by atoms with van der Waals surface area (Å²) in [5.74, 6) is -0.482. The van der Waals surface area contributed by atoms with E-state index in [1.54, 1.807) is 24.3 Å². The molecule has 2 aromatic rings. The molecular weight excluding hydrogens is 276 g/mol. The van der Waals surface area contributed by atoms with Gasteiger partial charge in [-0.1, -0.05) is 50.2 Å². The highest BCUT2D eigenvalue weighted by Crippen LogP contribution is 2.10. The van der Waals surface area contributed by atoms with Crippen molar-refractivity contribution in [2.45, 2.75) is 19.9 Å². The average Bonchev–Trinajstić information content (AvgIpc) is 2.53. The van der Waals surface area contributed by atoms with Gasteiger partial charge in [0, 0.05) is 11.3 Å². The predicted molar refractivity (Wildman–Crippen MR) is 87.6 cm³/mol. The minimum absolute atomic E-state index is 0.0172. The maximum Gasteiger partial charge on any atom is 0.251 e. The third kappa shape index (κ3) is 4.19. The van der Waals surface area contributed by atoms with Crippen LogP contribution in [0.4, 0.5) is 5.69 Å². The van der Waals surface area contributed by atoms with Crippen LogP contribution in [0.1, 0.15) is 24.2 Å². The van der Waals surface area contributed by atoms with Crippen molar-refractivity contribution in [1.29, 1.82) is 0 Å². The summed E-state index contributed by atoms with van der Waals surface area (Å²) in [6.07, 6.45) is 0. The van der Waals surface area contributed by atoms with Gasteiger partial charge in [0.05, 0.1) is 0 Å². The summed E-state index contributed by atoms with van der Waals surface area (Å²) < 4.78 is 0. The van der Waals surface area contributed by atoms with Crippen molar-refractivity contribution >= 4 is 17.5 Å². The molecule has 2 rings (SSSR count). The zero-order valence-corrected chi connectivity index (χ0v) is 12.7. The Morgan fingerprint density at radius 1 is 0.864 bits per heavy atom. The Hall–Kier alpha value is -2.62. The first kappa shape index (κ1) is 15.8. The Morgan fingerprint density at radius 3 is 1.95 bits per heavy atom. The van der Waals surface area contributed by atoms with Crippen LogP contribution in [-0.4, -0.2) is 17.9 Å². The number of carbonyl (C=O) groups is 2. The zero-order chi connectivity index (χ0) is 15.9. The SMILES string of the molecule is CC(C)C(NC(=O)c1ccccc1)C(=O)Nc1ccccc1. The molecule has 0 radical (unpaired) electrons. The summed E-state index contributed by atoms with van der Waals surface area (Å²) in [5, 5.41) is 5.63. The molecular formula is C18H20N2O2. The first-order chi connectivity index (χ1) is 10.6. The van der Waals surface area contributed by atoms with Crippen molar-refractivity contribution in [3.63, 3.8) is 0 Å². The van der Waals surface area contributed by atoms with E-state index in [4.69, 9.17) is 0 Å². The number of anilines is 1. The number of amides is 2. The maximum absolute atomic E-state index is 12.4. The van der Waals surface area contributed by atoms with E-state index in [0.717, 1.165) is 0 Å². The van der Waals surface area contributed by atoms with E-state index >= 15 is 0 Å². The lowest BCUT2D eigenvalue weighted by atomic mass is 10.0. The van der Waals surface area contributed by atoms with E-state index < -0.39 is 6.04 Å². The molecule has 0 aromatic heterocycles. The molecule has 0 aliphatic rings. The number of nitrogens with one attached hydrogen (secondary N) is 2. The van der Waals surface area contributed by atoms with Gasteiger partial charge in [-0.3, -0.25) is 9.59 Å². The fourth-order valence-corrected chi connectivity index (χ4v) is 2.09. The molecule has 114 valence electrons. The van der Waals surface area contributed by atoms with Gasteiger partial charge in [-0.2, -0.15) is 0 Å². The van der Waals surface area contributed by atoms with Gasteiger partial charge in [-0.05, 0) is 30.2 Å². The second-order valence-electron chi connectivity index (χ2n) is 5.42. The number of carbonyl (C=O) groups excluding carboxylic acids is 2. The number of hydrogen-bond donors (Lipinski definition) is 2. The Morgan fingerprint density at radius 2 is 1.41 bits per heavy atom. The molecule has 0 saturated heterocycles. The van der Waals surface area contributed by atoms with Crippen molar-refractivity contribution in [1.82, 2.24) is 5.32 Å². The maximum atomic E-state index is 12.4. The Kier molecular flexibility index (Phi) is 5.31. The van der Waals surface area contributed by atoms with Crippen LogP contribution in [0.15, 0.2) is 60.7 Å². The van der Waals surface area contributed by atoms with Crippen LogP contribution in [-0.2, 0) is 4.79 Å². The van der Waals surface area contributed by atoms with Gasteiger partial charge in [0.25, 0.3) is 5.91 Å². The first-order valence-electron chi connectivity index (χ1n) is 7.29. The lowest BCUT2D eigenvalue weighted by Crippen LogP contribution is -2.47. The van der Waals surface area contributed by atoms with Crippen LogP contribution in [0.5, 0.6) is 0 Å². The Balaban J connectivity index is 2.06. The normalized spacial score (nSPS) is 11.8. The molecule has 2 N–H and O–H groups in total. The third-order valence-electron chi connectivity index (χ3n) is 3.31. The second kappa shape index (κ2) is 7.41. The van der Waals surface area contributed by atoms with E-state index in [9.17, 15) is 9.59 Å². The number of para-hydroxylation sites is 1. The highest BCUT2D eigenvalue weighted by Gasteiger charge is 2.24. The van der Waals surface area contributed by atoms with Gasteiger partial charge in [0.1, 0.15) is 6.04 Å². The van der Waals surface area contributed by atoms with E-state index in [0.29, 0.717) is 11.3 Å². The molecule has 2 amide bonds. The van der Waals surface area contributed by atoms with Gasteiger partial charge in [-0.25, -0.2) is 0 Å². The summed E-state index contributed by atoms with van der Waals surface area (Å²) in [6.45, 7) is 3.81. The third-order valence-corrected chi connectivity index (χ3v) is 3.31. The largest absolute Gasteiger partial charge is 0.340 e. The highest BCUT2D eigenvalue weighted by atomic mass is 16.2. The van der Waals surface area contributed by atoms with Crippen molar-refractivity contribution in [2.75, 3.05) is 5.32 Å². The summed E-state index contributed by atoms with van der Waals surface area (Å²) in [5.41, 5.74) is 1.26. The second-order valence-corrected chi connectivity index (χ2v) is 5.42. The minimum Gasteiger partial charge on any atom is -0.340 e. The highest BCUT2D eigenvalue weighted by molar-refractivity contribution is 6.01. The van der Waals surface area contributed by atoms with E-state index in [1.165, 1.54) is 0 Å². The van der Waals surface area contributed by atoms with Crippen LogP contribution >= 0.6 is 0 Å². The molecule has 0 aliphatic carbocycles. The van der Waals surface area contributed by atoms with Gasteiger partial charge in [-0.15, -0.1) is 0 Å². The smallest absolute Gasteiger partial charge is 0.251 e. The summed E-state index contributed by atoms with van der Waals surface area (Å²) >= 11 is 0. The van der Waals surface area contributed by atoms with Crippen LogP contribution in [0, 0.1) is 5.92 Å². The fourth-order valence-electron chi connectivity index (χ4n) is 2.09. The number of benzene rings is 2. The quantitative estimate of drug-likeness (QED) is 0.891. The molecule has 22 heavy (non-hydrogen) atoms. The molecule has 0 aliphatic heterocycles. The van der Waals surface area contributed by atoms with Crippen molar-refractivity contribution in [2.24, 2.45) is 5.92 Å². The average molecular weight is 296 g/mol. The minimum atomic E-state index is -0.590. The molecule has 0 heterocycles. The Bertz CT molecular complexity index is 624. The van der Waals surface area contributed by atoms with Gasteiger partial charge >= 0.3 is 0 Å². The van der Waals surface area contributed by atoms with Crippen molar-refractivity contribution in [3.8, 4) is 0 Å². The van der Waals surface area contributed by atoms with Crippen molar-refractivity contribution in [3.05, 3.63) is 66.2 Å². The topological polar surface area (TPSA) is 58.2 Å². The van der Waals surface area contributed by atoms with Gasteiger partial charge in [0.15, 0.2) is 0 Å². The molecule has 0 spiro atoms. The molecule has 2 aromatic carbocycles. The predicted octanol–water partition coefficient (Wildman–Crippen LogP) is 3.08. The molecule has 4 nitrogen and oxygen atoms in total. The Labute approximate surface area is 130 Å². The van der Waals surface area contributed by atoms with Crippen LogP contribution < -0.4 is 10.6 Å². The molecule has 1 atom stereocenters. The van der Waals surface area contributed by atoms with Gasteiger partial charge in [0.2, 0.25) is 5.91 Å².